The molecule has 0 saturated carbocycles. The number of nitrogens with one attached hydrogen (secondary N) is 1. The van der Waals surface area contributed by atoms with E-state index < -0.39 is 35.3 Å². The molecule has 0 aromatic heterocycles. The van der Waals surface area contributed by atoms with Crippen LogP contribution in [-0.4, -0.2) is 33.6 Å². The fraction of sp³-hybridized carbons (Fsp3) is 0.235. The van der Waals surface area contributed by atoms with Crippen molar-refractivity contribution in [3.63, 3.8) is 0 Å². The van der Waals surface area contributed by atoms with E-state index in [0.717, 1.165) is 0 Å². The third-order valence-electron chi connectivity index (χ3n) is 3.65. The molecule has 0 aliphatic carbocycles. The van der Waals surface area contributed by atoms with E-state index in [0.29, 0.717) is 0 Å². The summed E-state index contributed by atoms with van der Waals surface area (Å²) < 4.78 is 51.7. The lowest BCUT2D eigenvalue weighted by molar-refractivity contribution is -0.248. The van der Waals surface area contributed by atoms with Gasteiger partial charge in [-0.15, -0.1) is 0 Å². The van der Waals surface area contributed by atoms with Gasteiger partial charge in [-0.3, -0.25) is 4.79 Å². The molecule has 0 fully saturated rings. The molecule has 0 aliphatic rings. The van der Waals surface area contributed by atoms with Gasteiger partial charge >= 0.3 is 6.18 Å². The Bertz CT molecular complexity index is 787. The second-order valence-electron chi connectivity index (χ2n) is 5.57. The number of benzene rings is 2. The van der Waals surface area contributed by atoms with Crippen LogP contribution in [-0.2, 0) is 22.4 Å². The number of alkyl halides is 3. The number of carbonyl (C=O) groups excluding carboxylic acids is 1. The number of hydrogen-bond acceptors (Lipinski definition) is 3. The monoisotopic (exact) mass is 405 g/mol. The Morgan fingerprint density at radius 1 is 1.23 bits per heavy atom. The first-order chi connectivity index (χ1) is 12.0. The molecule has 0 saturated heterocycles. The average Bonchev–Trinajstić information content (AvgIpc) is 2.54. The molecular formula is C17H15ClF3NO3S. The minimum absolute atomic E-state index is 0.0299. The highest BCUT2D eigenvalue weighted by Gasteiger charge is 2.59. The van der Waals surface area contributed by atoms with Crippen molar-refractivity contribution in [2.75, 3.05) is 11.6 Å². The molecule has 2 rings (SSSR count). The van der Waals surface area contributed by atoms with Gasteiger partial charge in [0.2, 0.25) is 5.60 Å². The van der Waals surface area contributed by atoms with Gasteiger partial charge in [0.05, 0.1) is 5.02 Å². The zero-order valence-electron chi connectivity index (χ0n) is 13.5. The van der Waals surface area contributed by atoms with Crippen LogP contribution in [0.1, 0.15) is 5.56 Å². The van der Waals surface area contributed by atoms with E-state index in [9.17, 15) is 27.6 Å². The Hall–Kier alpha value is -1.74. The van der Waals surface area contributed by atoms with E-state index in [4.69, 9.17) is 11.6 Å². The highest BCUT2D eigenvalue weighted by atomic mass is 35.5. The number of hydrogen-bond donors (Lipinski definition) is 2. The third kappa shape index (κ3) is 4.50. The van der Waals surface area contributed by atoms with E-state index in [1.165, 1.54) is 48.7 Å². The van der Waals surface area contributed by atoms with Crippen LogP contribution in [0.4, 0.5) is 18.9 Å². The first-order valence-electron chi connectivity index (χ1n) is 7.32. The number of aliphatic hydroxyl groups is 1. The summed E-state index contributed by atoms with van der Waals surface area (Å²) in [6, 6.07) is 11.2. The SMILES string of the molecule is C[S+]([O-])c1ccc(NC(=O)C(O)(Cc2ccccc2)C(F)(F)F)cc1Cl. The molecular weight excluding hydrogens is 391 g/mol. The van der Waals surface area contributed by atoms with Crippen LogP contribution < -0.4 is 5.32 Å². The van der Waals surface area contributed by atoms with Gasteiger partial charge in [0, 0.05) is 12.1 Å². The lowest BCUT2D eigenvalue weighted by Crippen LogP contribution is -2.56. The van der Waals surface area contributed by atoms with Crippen LogP contribution in [0.2, 0.25) is 5.02 Å². The molecule has 0 spiro atoms. The smallest absolute Gasteiger partial charge is 0.426 e. The number of amides is 1. The van der Waals surface area contributed by atoms with Gasteiger partial charge in [-0.1, -0.05) is 41.9 Å². The van der Waals surface area contributed by atoms with Crippen molar-refractivity contribution < 1.29 is 27.6 Å². The van der Waals surface area contributed by atoms with Gasteiger partial charge in [0.25, 0.3) is 5.91 Å². The number of carbonyl (C=O) groups is 1. The van der Waals surface area contributed by atoms with E-state index in [2.05, 4.69) is 0 Å². The Labute approximate surface area is 156 Å². The molecule has 2 N–H and O–H groups in total. The zero-order valence-corrected chi connectivity index (χ0v) is 15.1. The third-order valence-corrected chi connectivity index (χ3v) is 5.05. The molecule has 2 atom stereocenters. The standard InChI is InChI=1S/C17H15ClF3NO3S/c1-26(25)14-8-7-12(9-13(14)18)22-15(23)16(24,17(19,20)21)10-11-5-3-2-4-6-11/h2-9,24H,10H2,1H3,(H,22,23). The highest BCUT2D eigenvalue weighted by Crippen LogP contribution is 2.35. The van der Waals surface area contributed by atoms with Crippen molar-refractivity contribution >= 4 is 34.4 Å². The first-order valence-corrected chi connectivity index (χ1v) is 9.25. The Balaban J connectivity index is 2.29. The first kappa shape index (κ1) is 20.6. The maximum atomic E-state index is 13.4. The lowest BCUT2D eigenvalue weighted by atomic mass is 9.92. The van der Waals surface area contributed by atoms with Crippen LogP contribution in [0.5, 0.6) is 0 Å². The molecule has 9 heteroatoms. The normalized spacial score (nSPS) is 15.2. The molecule has 26 heavy (non-hydrogen) atoms. The van der Waals surface area contributed by atoms with E-state index in [-0.39, 0.29) is 21.2 Å². The molecule has 2 aromatic carbocycles. The number of anilines is 1. The summed E-state index contributed by atoms with van der Waals surface area (Å²) in [4.78, 5) is 12.5. The molecule has 4 nitrogen and oxygen atoms in total. The van der Waals surface area contributed by atoms with Crippen LogP contribution in [0.25, 0.3) is 0 Å². The summed E-state index contributed by atoms with van der Waals surface area (Å²) in [5.41, 5.74) is -3.52. The molecule has 2 aromatic rings. The van der Waals surface area contributed by atoms with E-state index >= 15 is 0 Å². The maximum Gasteiger partial charge on any atom is 0.426 e. The highest BCUT2D eigenvalue weighted by molar-refractivity contribution is 7.90. The fourth-order valence-corrected chi connectivity index (χ4v) is 3.35. The second kappa shape index (κ2) is 7.87. The summed E-state index contributed by atoms with van der Waals surface area (Å²) >= 11 is 4.52. The van der Waals surface area contributed by atoms with Crippen LogP contribution in [0.3, 0.4) is 0 Å². The van der Waals surface area contributed by atoms with Crippen molar-refractivity contribution in [1.29, 1.82) is 0 Å². The predicted molar refractivity (Wildman–Crippen MR) is 93.6 cm³/mol. The van der Waals surface area contributed by atoms with Crippen LogP contribution in [0.15, 0.2) is 53.4 Å². The van der Waals surface area contributed by atoms with Crippen molar-refractivity contribution in [2.24, 2.45) is 0 Å². The lowest BCUT2D eigenvalue weighted by Gasteiger charge is -2.29. The van der Waals surface area contributed by atoms with Gasteiger partial charge in [-0.2, -0.15) is 13.2 Å². The summed E-state index contributed by atoms with van der Waals surface area (Å²) in [6.45, 7) is 0. The van der Waals surface area contributed by atoms with E-state index in [1.807, 2.05) is 5.32 Å². The Morgan fingerprint density at radius 3 is 2.35 bits per heavy atom. The van der Waals surface area contributed by atoms with Crippen LogP contribution >= 0.6 is 11.6 Å². The predicted octanol–water partition coefficient (Wildman–Crippen LogP) is 3.55. The molecule has 0 radical (unpaired) electrons. The minimum Gasteiger partial charge on any atom is -0.612 e. The Kier molecular flexibility index (Phi) is 6.23. The number of halogens is 4. The summed E-state index contributed by atoms with van der Waals surface area (Å²) in [6.07, 6.45) is -4.74. The van der Waals surface area contributed by atoms with Gasteiger partial charge < -0.3 is 15.0 Å². The van der Waals surface area contributed by atoms with Gasteiger partial charge in [-0.05, 0) is 34.9 Å². The molecule has 0 bridgehead atoms. The Morgan fingerprint density at radius 2 is 1.85 bits per heavy atom. The maximum absolute atomic E-state index is 13.4. The van der Waals surface area contributed by atoms with Crippen molar-refractivity contribution in [3.05, 3.63) is 59.1 Å². The molecule has 140 valence electrons. The second-order valence-corrected chi connectivity index (χ2v) is 7.33. The summed E-state index contributed by atoms with van der Waals surface area (Å²) in [7, 11) is 0. The quantitative estimate of drug-likeness (QED) is 0.747. The topological polar surface area (TPSA) is 72.4 Å². The average molecular weight is 406 g/mol. The van der Waals surface area contributed by atoms with Gasteiger partial charge in [-0.25, -0.2) is 0 Å². The largest absolute Gasteiger partial charge is 0.612 e. The molecule has 0 aliphatic heterocycles. The van der Waals surface area contributed by atoms with Crippen LogP contribution in [0, 0.1) is 0 Å². The van der Waals surface area contributed by atoms with Gasteiger partial charge in [0.1, 0.15) is 6.26 Å². The van der Waals surface area contributed by atoms with E-state index in [1.54, 1.807) is 6.07 Å². The molecule has 1 amide bonds. The van der Waals surface area contributed by atoms with Gasteiger partial charge in [0.15, 0.2) is 4.90 Å². The summed E-state index contributed by atoms with van der Waals surface area (Å²) in [5, 5.41) is 12.2. The molecule has 0 heterocycles. The fourth-order valence-electron chi connectivity index (χ4n) is 2.25. The molecule has 2 unspecified atom stereocenters. The van der Waals surface area contributed by atoms with Crippen molar-refractivity contribution in [2.45, 2.75) is 23.1 Å². The summed E-state index contributed by atoms with van der Waals surface area (Å²) in [5.74, 6) is -1.63. The zero-order chi connectivity index (χ0) is 19.5. The van der Waals surface area contributed by atoms with Crippen molar-refractivity contribution in [1.82, 2.24) is 0 Å². The minimum atomic E-state index is -5.19. The van der Waals surface area contributed by atoms with Crippen molar-refractivity contribution in [3.8, 4) is 0 Å². The number of rotatable bonds is 5.